The Bertz CT molecular complexity index is 434. The fraction of sp³-hybridized carbons (Fsp3) is 0.750. The third-order valence-corrected chi connectivity index (χ3v) is 7.19. The van der Waals surface area contributed by atoms with Crippen molar-refractivity contribution in [2.45, 2.75) is 64.3 Å². The van der Waals surface area contributed by atoms with Gasteiger partial charge in [-0.05, 0) is 78.2 Å². The van der Waals surface area contributed by atoms with E-state index in [1.807, 2.05) is 11.3 Å². The van der Waals surface area contributed by atoms with Crippen molar-refractivity contribution in [2.75, 3.05) is 6.54 Å². The van der Waals surface area contributed by atoms with Crippen LogP contribution in [0.3, 0.4) is 0 Å². The van der Waals surface area contributed by atoms with Crippen molar-refractivity contribution in [3.05, 3.63) is 19.4 Å². The Balaban J connectivity index is 1.67. The van der Waals surface area contributed by atoms with Crippen LogP contribution in [0.2, 0.25) is 0 Å². The molecule has 0 bridgehead atoms. The summed E-state index contributed by atoms with van der Waals surface area (Å²) in [6.45, 7) is 3.62. The van der Waals surface area contributed by atoms with Crippen molar-refractivity contribution in [3.8, 4) is 0 Å². The van der Waals surface area contributed by atoms with Crippen molar-refractivity contribution in [1.82, 2.24) is 5.32 Å². The molecule has 0 aromatic carbocycles. The van der Waals surface area contributed by atoms with Gasteiger partial charge in [0.25, 0.3) is 0 Å². The second-order valence-electron chi connectivity index (χ2n) is 6.32. The highest BCUT2D eigenvalue weighted by Crippen LogP contribution is 2.42. The van der Waals surface area contributed by atoms with Crippen LogP contribution in [0.15, 0.2) is 6.07 Å². The first-order valence-corrected chi connectivity index (χ1v) is 9.63. The van der Waals surface area contributed by atoms with Crippen LogP contribution in [0, 0.1) is 8.30 Å². The second kappa shape index (κ2) is 6.02. The zero-order valence-corrected chi connectivity index (χ0v) is 14.8. The highest BCUT2D eigenvalue weighted by molar-refractivity contribution is 14.1. The van der Waals surface area contributed by atoms with Gasteiger partial charge >= 0.3 is 0 Å². The number of rotatable bonds is 4. The quantitative estimate of drug-likeness (QED) is 0.690. The van der Waals surface area contributed by atoms with E-state index in [9.17, 15) is 0 Å². The normalized spacial score (nSPS) is 25.5. The lowest BCUT2D eigenvalue weighted by molar-refractivity contribution is 0.250. The predicted octanol–water partition coefficient (Wildman–Crippen LogP) is 5.29. The number of fused-ring (bicyclic) bond motifs is 1. The SMILES string of the molecule is CCC1(CNC2CCCc3sc(I)cc32)CCCC1. The number of hydrogen-bond acceptors (Lipinski definition) is 2. The van der Waals surface area contributed by atoms with Gasteiger partial charge in [-0.25, -0.2) is 0 Å². The van der Waals surface area contributed by atoms with Crippen molar-refractivity contribution in [1.29, 1.82) is 0 Å². The highest BCUT2D eigenvalue weighted by atomic mass is 127. The Morgan fingerprint density at radius 2 is 2.16 bits per heavy atom. The summed E-state index contributed by atoms with van der Waals surface area (Å²) >= 11 is 4.48. The number of halogens is 1. The van der Waals surface area contributed by atoms with Crippen LogP contribution in [0.4, 0.5) is 0 Å². The standard InChI is InChI=1S/C16H24INS/c1-2-16(8-3-4-9-16)11-18-13-6-5-7-14-12(13)10-15(17)19-14/h10,13,18H,2-9,11H2,1H3. The van der Waals surface area contributed by atoms with Gasteiger partial charge in [0.2, 0.25) is 0 Å². The van der Waals surface area contributed by atoms with Gasteiger partial charge in [0.05, 0.1) is 2.88 Å². The molecule has 19 heavy (non-hydrogen) atoms. The highest BCUT2D eigenvalue weighted by Gasteiger charge is 2.33. The van der Waals surface area contributed by atoms with Crippen LogP contribution in [-0.4, -0.2) is 6.54 Å². The average Bonchev–Trinajstić information content (AvgIpc) is 3.02. The van der Waals surface area contributed by atoms with Crippen LogP contribution >= 0.6 is 33.9 Å². The molecule has 1 aromatic heterocycles. The maximum Gasteiger partial charge on any atom is 0.0659 e. The lowest BCUT2D eigenvalue weighted by atomic mass is 9.82. The molecule has 1 fully saturated rings. The Kier molecular flexibility index (Phi) is 4.54. The Morgan fingerprint density at radius 3 is 2.89 bits per heavy atom. The third kappa shape index (κ3) is 3.03. The summed E-state index contributed by atoms with van der Waals surface area (Å²) in [5, 5.41) is 3.93. The molecule has 3 rings (SSSR count). The summed E-state index contributed by atoms with van der Waals surface area (Å²) in [5.41, 5.74) is 2.23. The van der Waals surface area contributed by atoms with Crippen molar-refractivity contribution in [2.24, 2.45) is 5.41 Å². The van der Waals surface area contributed by atoms with Gasteiger partial charge in [0, 0.05) is 17.5 Å². The van der Waals surface area contributed by atoms with Gasteiger partial charge in [-0.1, -0.05) is 19.8 Å². The maximum absolute atomic E-state index is 3.93. The van der Waals surface area contributed by atoms with Gasteiger partial charge in [0.1, 0.15) is 0 Å². The number of aryl methyl sites for hydroxylation is 1. The lowest BCUT2D eigenvalue weighted by Crippen LogP contribution is -2.35. The largest absolute Gasteiger partial charge is 0.309 e. The van der Waals surface area contributed by atoms with Gasteiger partial charge in [-0.3, -0.25) is 0 Å². The molecular formula is C16H24INS. The zero-order valence-electron chi connectivity index (χ0n) is 11.8. The van der Waals surface area contributed by atoms with Gasteiger partial charge in [-0.2, -0.15) is 0 Å². The molecule has 1 atom stereocenters. The Labute approximate surface area is 134 Å². The van der Waals surface area contributed by atoms with Gasteiger partial charge < -0.3 is 5.32 Å². The molecule has 3 heteroatoms. The Hall–Kier alpha value is 0.390. The van der Waals surface area contributed by atoms with Crippen LogP contribution in [0.1, 0.15) is 68.4 Å². The van der Waals surface area contributed by atoms with E-state index in [2.05, 4.69) is 40.9 Å². The summed E-state index contributed by atoms with van der Waals surface area (Å²) < 4.78 is 1.46. The molecular weight excluding hydrogens is 365 g/mol. The predicted molar refractivity (Wildman–Crippen MR) is 91.9 cm³/mol. The van der Waals surface area contributed by atoms with Crippen LogP contribution in [0.25, 0.3) is 0 Å². The Morgan fingerprint density at radius 1 is 1.37 bits per heavy atom. The van der Waals surface area contributed by atoms with Gasteiger partial charge in [0.15, 0.2) is 0 Å². The molecule has 1 heterocycles. The lowest BCUT2D eigenvalue weighted by Gasteiger charge is -2.32. The molecule has 2 aliphatic carbocycles. The topological polar surface area (TPSA) is 12.0 Å². The minimum absolute atomic E-state index is 0.612. The van der Waals surface area contributed by atoms with Crippen molar-refractivity contribution >= 4 is 33.9 Å². The molecule has 0 spiro atoms. The summed E-state index contributed by atoms with van der Waals surface area (Å²) in [6, 6.07) is 3.05. The van der Waals surface area contributed by atoms with Crippen LogP contribution < -0.4 is 5.32 Å². The van der Waals surface area contributed by atoms with E-state index in [-0.39, 0.29) is 0 Å². The monoisotopic (exact) mass is 389 g/mol. The van der Waals surface area contributed by atoms with E-state index in [1.165, 1.54) is 60.8 Å². The summed E-state index contributed by atoms with van der Waals surface area (Å²) in [7, 11) is 0. The second-order valence-corrected chi connectivity index (χ2v) is 9.35. The van der Waals surface area contributed by atoms with Crippen molar-refractivity contribution in [3.63, 3.8) is 0 Å². The molecule has 0 saturated heterocycles. The molecule has 0 radical (unpaired) electrons. The minimum Gasteiger partial charge on any atom is -0.309 e. The molecule has 0 aliphatic heterocycles. The fourth-order valence-electron chi connectivity index (χ4n) is 3.85. The summed E-state index contributed by atoms with van der Waals surface area (Å²) in [4.78, 5) is 1.64. The number of nitrogens with one attached hydrogen (secondary N) is 1. The maximum atomic E-state index is 3.93. The van der Waals surface area contributed by atoms with E-state index in [0.29, 0.717) is 11.5 Å². The molecule has 1 nitrogen and oxygen atoms in total. The minimum atomic E-state index is 0.612. The molecule has 1 aromatic rings. The van der Waals surface area contributed by atoms with E-state index in [4.69, 9.17) is 0 Å². The number of hydrogen-bond donors (Lipinski definition) is 1. The molecule has 1 unspecified atom stereocenters. The molecule has 106 valence electrons. The molecule has 1 saturated carbocycles. The van der Waals surface area contributed by atoms with Gasteiger partial charge in [-0.15, -0.1) is 11.3 Å². The fourth-order valence-corrected chi connectivity index (χ4v) is 5.97. The molecule has 1 N–H and O–H groups in total. The number of thiophene rings is 1. The average molecular weight is 389 g/mol. The van der Waals surface area contributed by atoms with E-state index in [1.54, 1.807) is 10.4 Å². The first kappa shape index (κ1) is 14.3. The van der Waals surface area contributed by atoms with Crippen LogP contribution in [0.5, 0.6) is 0 Å². The van der Waals surface area contributed by atoms with Crippen molar-refractivity contribution < 1.29 is 0 Å². The third-order valence-electron chi connectivity index (χ3n) is 5.22. The zero-order chi connectivity index (χ0) is 13.3. The van der Waals surface area contributed by atoms with E-state index in [0.717, 1.165) is 0 Å². The van der Waals surface area contributed by atoms with Crippen LogP contribution in [-0.2, 0) is 6.42 Å². The summed E-state index contributed by atoms with van der Waals surface area (Å²) in [5.74, 6) is 0. The van der Waals surface area contributed by atoms with E-state index >= 15 is 0 Å². The molecule has 2 aliphatic rings. The van der Waals surface area contributed by atoms with E-state index < -0.39 is 0 Å². The smallest absolute Gasteiger partial charge is 0.0659 e. The first-order chi connectivity index (χ1) is 9.22. The first-order valence-electron chi connectivity index (χ1n) is 7.74. The summed E-state index contributed by atoms with van der Waals surface area (Å²) in [6.07, 6.45) is 11.1. The molecule has 0 amide bonds.